The van der Waals surface area contributed by atoms with Crippen LogP contribution >= 0.6 is 11.6 Å². The Balaban J connectivity index is 1.89. The lowest BCUT2D eigenvalue weighted by Crippen LogP contribution is -2.14. The normalized spacial score (nSPS) is 11.0. The molecule has 0 aliphatic heterocycles. The molecular weight excluding hydrogens is 404 g/mol. The van der Waals surface area contributed by atoms with Gasteiger partial charge in [0.2, 0.25) is 0 Å². The van der Waals surface area contributed by atoms with Crippen molar-refractivity contribution in [3.05, 3.63) is 65.9 Å². The van der Waals surface area contributed by atoms with Gasteiger partial charge >= 0.3 is 0 Å². The quantitative estimate of drug-likeness (QED) is 0.572. The number of pyridine rings is 1. The number of ether oxygens (including phenoxy) is 3. The molecule has 28 heavy (non-hydrogen) atoms. The van der Waals surface area contributed by atoms with Crippen LogP contribution in [-0.4, -0.2) is 27.6 Å². The molecule has 0 aliphatic carbocycles. The van der Waals surface area contributed by atoms with Crippen LogP contribution in [0, 0.1) is 0 Å². The Labute approximate surface area is 167 Å². The summed E-state index contributed by atoms with van der Waals surface area (Å²) >= 11 is 5.90. The fraction of sp³-hybridized carbons (Fsp3) is 0.105. The standard InChI is InChI=1S/C19H17ClN2O5S/c1-25-14-6-8-15(9-7-14)27-17-12-13(5-10-16(17)26-2)22-28(23,24)18-4-3-11-21-19(18)20/h3-12,22H,1-2H3. The molecule has 1 aromatic heterocycles. The average Bonchev–Trinajstić information content (AvgIpc) is 2.69. The molecule has 0 saturated heterocycles. The summed E-state index contributed by atoms with van der Waals surface area (Å²) in [5.41, 5.74) is 0.282. The maximum Gasteiger partial charge on any atom is 0.264 e. The lowest BCUT2D eigenvalue weighted by atomic mass is 10.2. The van der Waals surface area contributed by atoms with Gasteiger partial charge in [-0.05, 0) is 48.5 Å². The first-order chi connectivity index (χ1) is 13.4. The van der Waals surface area contributed by atoms with Crippen LogP contribution in [0.3, 0.4) is 0 Å². The van der Waals surface area contributed by atoms with Crippen LogP contribution in [0.4, 0.5) is 5.69 Å². The lowest BCUT2D eigenvalue weighted by molar-refractivity contribution is 0.378. The highest BCUT2D eigenvalue weighted by molar-refractivity contribution is 7.92. The molecule has 7 nitrogen and oxygen atoms in total. The molecule has 0 atom stereocenters. The third-order valence-electron chi connectivity index (χ3n) is 3.72. The van der Waals surface area contributed by atoms with Gasteiger partial charge in [-0.3, -0.25) is 4.72 Å². The number of hydrogen-bond acceptors (Lipinski definition) is 6. The number of nitrogens with one attached hydrogen (secondary N) is 1. The predicted molar refractivity (Wildman–Crippen MR) is 106 cm³/mol. The number of benzene rings is 2. The topological polar surface area (TPSA) is 86.8 Å². The zero-order valence-electron chi connectivity index (χ0n) is 15.0. The third kappa shape index (κ3) is 4.47. The number of methoxy groups -OCH3 is 2. The van der Waals surface area contributed by atoms with Crippen molar-refractivity contribution >= 4 is 27.3 Å². The monoisotopic (exact) mass is 420 g/mol. The highest BCUT2D eigenvalue weighted by atomic mass is 35.5. The van der Waals surface area contributed by atoms with E-state index in [9.17, 15) is 8.42 Å². The molecule has 0 aliphatic rings. The van der Waals surface area contributed by atoms with Gasteiger partial charge in [0.05, 0.1) is 19.9 Å². The zero-order chi connectivity index (χ0) is 20.1. The molecule has 3 aromatic rings. The number of halogens is 1. The molecule has 0 amide bonds. The smallest absolute Gasteiger partial charge is 0.264 e. The molecule has 0 saturated carbocycles. The van der Waals surface area contributed by atoms with Gasteiger partial charge in [-0.25, -0.2) is 13.4 Å². The highest BCUT2D eigenvalue weighted by Crippen LogP contribution is 2.35. The lowest BCUT2D eigenvalue weighted by Gasteiger charge is -2.14. The van der Waals surface area contributed by atoms with Crippen LogP contribution < -0.4 is 18.9 Å². The Morgan fingerprint density at radius 3 is 2.29 bits per heavy atom. The first kappa shape index (κ1) is 19.8. The molecule has 1 heterocycles. The summed E-state index contributed by atoms with van der Waals surface area (Å²) in [6, 6.07) is 14.5. The van der Waals surface area contributed by atoms with E-state index in [2.05, 4.69) is 9.71 Å². The minimum Gasteiger partial charge on any atom is -0.497 e. The Bertz CT molecular complexity index is 1070. The van der Waals surface area contributed by atoms with Crippen molar-refractivity contribution in [1.82, 2.24) is 4.98 Å². The van der Waals surface area contributed by atoms with Crippen LogP contribution in [0.2, 0.25) is 5.15 Å². The van der Waals surface area contributed by atoms with Crippen LogP contribution in [0.1, 0.15) is 0 Å². The number of hydrogen-bond donors (Lipinski definition) is 1. The molecule has 0 unspecified atom stereocenters. The second kappa shape index (κ2) is 8.37. The summed E-state index contributed by atoms with van der Waals surface area (Å²) in [4.78, 5) is 3.67. The number of sulfonamides is 1. The fourth-order valence-electron chi connectivity index (χ4n) is 2.37. The molecule has 3 rings (SSSR count). The van der Waals surface area contributed by atoms with Crippen molar-refractivity contribution < 1.29 is 22.6 Å². The Hall–Kier alpha value is -2.97. The number of rotatable bonds is 7. The molecule has 0 fully saturated rings. The van der Waals surface area contributed by atoms with E-state index in [1.807, 2.05) is 0 Å². The summed E-state index contributed by atoms with van der Waals surface area (Å²) < 4.78 is 43.9. The van der Waals surface area contributed by atoms with Crippen molar-refractivity contribution in [2.24, 2.45) is 0 Å². The molecule has 0 bridgehead atoms. The highest BCUT2D eigenvalue weighted by Gasteiger charge is 2.19. The average molecular weight is 421 g/mol. The number of aromatic nitrogens is 1. The van der Waals surface area contributed by atoms with E-state index in [1.54, 1.807) is 43.5 Å². The van der Waals surface area contributed by atoms with Crippen LogP contribution in [0.25, 0.3) is 0 Å². The van der Waals surface area contributed by atoms with E-state index in [0.29, 0.717) is 23.0 Å². The molecular formula is C19H17ClN2O5S. The van der Waals surface area contributed by atoms with Gasteiger partial charge in [0, 0.05) is 12.3 Å². The van der Waals surface area contributed by atoms with Gasteiger partial charge in [0.25, 0.3) is 10.0 Å². The maximum absolute atomic E-state index is 12.6. The third-order valence-corrected chi connectivity index (χ3v) is 5.54. The van der Waals surface area contributed by atoms with Gasteiger partial charge < -0.3 is 14.2 Å². The molecule has 146 valence electrons. The summed E-state index contributed by atoms with van der Waals surface area (Å²) in [5.74, 6) is 2.01. The predicted octanol–water partition coefficient (Wildman–Crippen LogP) is 4.35. The fourth-order valence-corrected chi connectivity index (χ4v) is 3.88. The van der Waals surface area contributed by atoms with E-state index in [1.165, 1.54) is 31.5 Å². The van der Waals surface area contributed by atoms with Crippen molar-refractivity contribution in [1.29, 1.82) is 0 Å². The Kier molecular flexibility index (Phi) is 5.91. The summed E-state index contributed by atoms with van der Waals surface area (Å²) in [7, 11) is -0.852. The SMILES string of the molecule is COc1ccc(Oc2cc(NS(=O)(=O)c3cccnc3Cl)ccc2OC)cc1. The van der Waals surface area contributed by atoms with Crippen LogP contribution in [0.5, 0.6) is 23.0 Å². The molecule has 2 aromatic carbocycles. The largest absolute Gasteiger partial charge is 0.497 e. The number of anilines is 1. The second-order valence-electron chi connectivity index (χ2n) is 5.54. The van der Waals surface area contributed by atoms with Gasteiger partial charge in [-0.2, -0.15) is 0 Å². The molecule has 1 N–H and O–H groups in total. The van der Waals surface area contributed by atoms with Gasteiger partial charge in [-0.15, -0.1) is 0 Å². The minimum atomic E-state index is -3.92. The zero-order valence-corrected chi connectivity index (χ0v) is 16.6. The maximum atomic E-state index is 12.6. The first-order valence-corrected chi connectivity index (χ1v) is 9.92. The van der Waals surface area contributed by atoms with Crippen molar-refractivity contribution in [2.45, 2.75) is 4.90 Å². The Morgan fingerprint density at radius 2 is 1.64 bits per heavy atom. The molecule has 9 heteroatoms. The minimum absolute atomic E-state index is 0.113. The van der Waals surface area contributed by atoms with Gasteiger partial charge in [0.1, 0.15) is 21.5 Å². The van der Waals surface area contributed by atoms with Crippen molar-refractivity contribution in [3.63, 3.8) is 0 Å². The van der Waals surface area contributed by atoms with E-state index in [0.717, 1.165) is 0 Å². The van der Waals surface area contributed by atoms with E-state index in [-0.39, 0.29) is 15.7 Å². The summed E-state index contributed by atoms with van der Waals surface area (Å²) in [6.45, 7) is 0. The van der Waals surface area contributed by atoms with Crippen molar-refractivity contribution in [3.8, 4) is 23.0 Å². The number of nitrogens with zero attached hydrogens (tertiary/aromatic N) is 1. The van der Waals surface area contributed by atoms with E-state index < -0.39 is 10.0 Å². The van der Waals surface area contributed by atoms with E-state index in [4.69, 9.17) is 25.8 Å². The summed E-state index contributed by atoms with van der Waals surface area (Å²) in [5, 5.41) is -0.113. The molecule has 0 radical (unpaired) electrons. The Morgan fingerprint density at radius 1 is 0.929 bits per heavy atom. The van der Waals surface area contributed by atoms with Gasteiger partial charge in [0.15, 0.2) is 11.5 Å². The van der Waals surface area contributed by atoms with Crippen LogP contribution in [-0.2, 0) is 10.0 Å². The molecule has 0 spiro atoms. The van der Waals surface area contributed by atoms with E-state index >= 15 is 0 Å². The van der Waals surface area contributed by atoms with Gasteiger partial charge in [-0.1, -0.05) is 11.6 Å². The van der Waals surface area contributed by atoms with Crippen molar-refractivity contribution in [2.75, 3.05) is 18.9 Å². The summed E-state index contributed by atoms with van der Waals surface area (Å²) in [6.07, 6.45) is 1.41. The first-order valence-electron chi connectivity index (χ1n) is 8.06. The second-order valence-corrected chi connectivity index (χ2v) is 7.55. The van der Waals surface area contributed by atoms with Crippen LogP contribution in [0.15, 0.2) is 65.7 Å².